The van der Waals surface area contributed by atoms with Gasteiger partial charge in [0.15, 0.2) is 0 Å². The minimum atomic E-state index is -3.30. The highest BCUT2D eigenvalue weighted by Crippen LogP contribution is 2.11. The highest BCUT2D eigenvalue weighted by atomic mass is 32.2. The van der Waals surface area contributed by atoms with Gasteiger partial charge in [-0.1, -0.05) is 0 Å². The molecule has 0 aromatic carbocycles. The molecule has 1 aliphatic rings. The van der Waals surface area contributed by atoms with Gasteiger partial charge in [0.2, 0.25) is 15.9 Å². The molecular formula is C7H12N2O5S. The molecule has 0 spiro atoms. The summed E-state index contributed by atoms with van der Waals surface area (Å²) in [4.78, 5) is 21.2. The zero-order valence-corrected chi connectivity index (χ0v) is 8.79. The third kappa shape index (κ3) is 3.48. The molecule has 1 amide bonds. The first-order valence-corrected chi connectivity index (χ1v) is 5.99. The standard InChI is InChI=1S/C7H12N2O5S/c10-6(8-4-7(11)12)5-9-2-1-3-15(9,13)14/h1-5H2,(H,8,10)(H,11,12). The van der Waals surface area contributed by atoms with E-state index in [0.29, 0.717) is 13.0 Å². The summed E-state index contributed by atoms with van der Waals surface area (Å²) in [6.45, 7) is -0.467. The molecule has 1 aliphatic heterocycles. The Morgan fingerprint density at radius 3 is 2.53 bits per heavy atom. The van der Waals surface area contributed by atoms with Gasteiger partial charge in [-0.2, -0.15) is 4.31 Å². The normalized spacial score (nSPS) is 20.0. The summed E-state index contributed by atoms with van der Waals surface area (Å²) in [5.41, 5.74) is 0. The molecular weight excluding hydrogens is 224 g/mol. The largest absolute Gasteiger partial charge is 0.480 e. The monoisotopic (exact) mass is 236 g/mol. The molecule has 0 radical (unpaired) electrons. The Morgan fingerprint density at radius 2 is 2.07 bits per heavy atom. The molecule has 86 valence electrons. The first-order valence-electron chi connectivity index (χ1n) is 4.38. The summed E-state index contributed by atoms with van der Waals surface area (Å²) in [6, 6.07) is 0. The molecule has 0 aromatic rings. The fraction of sp³-hybridized carbons (Fsp3) is 0.714. The van der Waals surface area contributed by atoms with E-state index in [1.807, 2.05) is 0 Å². The number of amides is 1. The van der Waals surface area contributed by atoms with Crippen LogP contribution in [0.2, 0.25) is 0 Å². The van der Waals surface area contributed by atoms with Crippen molar-refractivity contribution in [3.63, 3.8) is 0 Å². The summed E-state index contributed by atoms with van der Waals surface area (Å²) in [5.74, 6) is -1.70. The van der Waals surface area contributed by atoms with Crippen molar-refractivity contribution in [2.24, 2.45) is 0 Å². The number of carbonyl (C=O) groups is 2. The summed E-state index contributed by atoms with van der Waals surface area (Å²) >= 11 is 0. The second kappa shape index (κ2) is 4.58. The van der Waals surface area contributed by atoms with Crippen LogP contribution in [0.25, 0.3) is 0 Å². The van der Waals surface area contributed by atoms with E-state index in [9.17, 15) is 18.0 Å². The highest BCUT2D eigenvalue weighted by molar-refractivity contribution is 7.89. The average Bonchev–Trinajstić information content (AvgIpc) is 2.43. The number of hydrogen-bond acceptors (Lipinski definition) is 4. The van der Waals surface area contributed by atoms with Crippen molar-refractivity contribution in [3.8, 4) is 0 Å². The Hall–Kier alpha value is -1.15. The van der Waals surface area contributed by atoms with Crippen molar-refractivity contribution in [3.05, 3.63) is 0 Å². The molecule has 0 bridgehead atoms. The van der Waals surface area contributed by atoms with Gasteiger partial charge in [0.1, 0.15) is 6.54 Å². The van der Waals surface area contributed by atoms with Crippen LogP contribution in [-0.4, -0.2) is 55.1 Å². The number of rotatable bonds is 4. The van der Waals surface area contributed by atoms with Crippen LogP contribution in [0.15, 0.2) is 0 Å². The molecule has 0 unspecified atom stereocenters. The van der Waals surface area contributed by atoms with Crippen molar-refractivity contribution in [2.75, 3.05) is 25.4 Å². The summed E-state index contributed by atoms with van der Waals surface area (Å²) in [7, 11) is -3.30. The van der Waals surface area contributed by atoms with Gasteiger partial charge < -0.3 is 10.4 Å². The van der Waals surface area contributed by atoms with Gasteiger partial charge in [-0.05, 0) is 6.42 Å². The molecule has 2 N–H and O–H groups in total. The first-order chi connectivity index (χ1) is 6.92. The Morgan fingerprint density at radius 1 is 1.40 bits per heavy atom. The summed E-state index contributed by atoms with van der Waals surface area (Å²) in [5, 5.41) is 10.4. The first kappa shape index (κ1) is 11.9. The maximum Gasteiger partial charge on any atom is 0.322 e. The number of aliphatic carboxylic acids is 1. The van der Waals surface area contributed by atoms with Gasteiger partial charge in [-0.15, -0.1) is 0 Å². The molecule has 7 nitrogen and oxygen atoms in total. The number of carboxylic acids is 1. The van der Waals surface area contributed by atoms with Crippen LogP contribution in [0.5, 0.6) is 0 Å². The minimum Gasteiger partial charge on any atom is -0.480 e. The Labute approximate surface area is 87.1 Å². The smallest absolute Gasteiger partial charge is 0.322 e. The van der Waals surface area contributed by atoms with Gasteiger partial charge in [0, 0.05) is 6.54 Å². The van der Waals surface area contributed by atoms with Crippen molar-refractivity contribution < 1.29 is 23.1 Å². The molecule has 15 heavy (non-hydrogen) atoms. The molecule has 1 rings (SSSR count). The van der Waals surface area contributed by atoms with E-state index in [2.05, 4.69) is 5.32 Å². The lowest BCUT2D eigenvalue weighted by Gasteiger charge is -2.12. The Kier molecular flexibility index (Phi) is 3.64. The second-order valence-corrected chi connectivity index (χ2v) is 5.26. The van der Waals surface area contributed by atoms with E-state index >= 15 is 0 Å². The van der Waals surface area contributed by atoms with Crippen LogP contribution in [0.1, 0.15) is 6.42 Å². The fourth-order valence-corrected chi connectivity index (χ4v) is 2.73. The Bertz CT molecular complexity index is 364. The summed E-state index contributed by atoms with van der Waals surface area (Å²) in [6.07, 6.45) is 0.508. The fourth-order valence-electron chi connectivity index (χ4n) is 1.26. The SMILES string of the molecule is O=C(O)CNC(=O)CN1CCCS1(=O)=O. The molecule has 1 fully saturated rings. The predicted molar refractivity (Wildman–Crippen MR) is 50.6 cm³/mol. The van der Waals surface area contributed by atoms with Gasteiger partial charge in [0.05, 0.1) is 12.3 Å². The zero-order valence-electron chi connectivity index (χ0n) is 7.97. The molecule has 1 heterocycles. The van der Waals surface area contributed by atoms with E-state index in [1.165, 1.54) is 0 Å². The van der Waals surface area contributed by atoms with Gasteiger partial charge in [-0.3, -0.25) is 9.59 Å². The minimum absolute atomic E-state index is 0.0548. The van der Waals surface area contributed by atoms with Crippen LogP contribution in [0, 0.1) is 0 Å². The van der Waals surface area contributed by atoms with Gasteiger partial charge >= 0.3 is 5.97 Å². The molecule has 0 atom stereocenters. The molecule has 1 saturated heterocycles. The van der Waals surface area contributed by atoms with Crippen LogP contribution in [0.3, 0.4) is 0 Å². The van der Waals surface area contributed by atoms with Gasteiger partial charge in [-0.25, -0.2) is 8.42 Å². The topological polar surface area (TPSA) is 104 Å². The molecule has 0 aliphatic carbocycles. The van der Waals surface area contributed by atoms with E-state index in [-0.39, 0.29) is 12.3 Å². The maximum absolute atomic E-state index is 11.3. The number of hydrogen-bond donors (Lipinski definition) is 2. The van der Waals surface area contributed by atoms with Crippen molar-refractivity contribution in [2.45, 2.75) is 6.42 Å². The van der Waals surface area contributed by atoms with Crippen LogP contribution < -0.4 is 5.32 Å². The molecule has 8 heteroatoms. The molecule has 0 saturated carbocycles. The molecule has 0 aromatic heterocycles. The third-order valence-electron chi connectivity index (χ3n) is 1.96. The van der Waals surface area contributed by atoms with Crippen LogP contribution in [0.4, 0.5) is 0 Å². The number of carbonyl (C=O) groups excluding carboxylic acids is 1. The van der Waals surface area contributed by atoms with Crippen molar-refractivity contribution in [1.82, 2.24) is 9.62 Å². The number of carboxylic acid groups (broad SMARTS) is 1. The van der Waals surface area contributed by atoms with Crippen LogP contribution >= 0.6 is 0 Å². The van der Waals surface area contributed by atoms with Gasteiger partial charge in [0.25, 0.3) is 0 Å². The van der Waals surface area contributed by atoms with Crippen molar-refractivity contribution >= 4 is 21.9 Å². The maximum atomic E-state index is 11.3. The lowest BCUT2D eigenvalue weighted by atomic mass is 10.4. The van der Waals surface area contributed by atoms with E-state index in [1.54, 1.807) is 0 Å². The quantitative estimate of drug-likeness (QED) is 0.600. The van der Waals surface area contributed by atoms with Crippen molar-refractivity contribution in [1.29, 1.82) is 0 Å². The Balaban J connectivity index is 2.42. The van der Waals surface area contributed by atoms with Crippen LogP contribution in [-0.2, 0) is 19.6 Å². The third-order valence-corrected chi connectivity index (χ3v) is 3.86. The summed E-state index contributed by atoms with van der Waals surface area (Å²) < 4.78 is 23.6. The number of sulfonamides is 1. The van der Waals surface area contributed by atoms with E-state index in [4.69, 9.17) is 5.11 Å². The number of nitrogens with zero attached hydrogens (tertiary/aromatic N) is 1. The highest BCUT2D eigenvalue weighted by Gasteiger charge is 2.29. The predicted octanol–water partition coefficient (Wildman–Crippen LogP) is -1.78. The second-order valence-electron chi connectivity index (χ2n) is 3.17. The average molecular weight is 236 g/mol. The lowest BCUT2D eigenvalue weighted by Crippen LogP contribution is -2.39. The van der Waals surface area contributed by atoms with E-state index in [0.717, 1.165) is 4.31 Å². The lowest BCUT2D eigenvalue weighted by molar-refractivity contribution is -0.137. The zero-order chi connectivity index (χ0) is 11.5. The number of nitrogens with one attached hydrogen (secondary N) is 1. The van der Waals surface area contributed by atoms with E-state index < -0.39 is 28.4 Å².